The third-order valence-corrected chi connectivity index (χ3v) is 3.99. The highest BCUT2D eigenvalue weighted by Crippen LogP contribution is 2.27. The number of halogens is 3. The van der Waals surface area contributed by atoms with Crippen LogP contribution in [0.1, 0.15) is 11.4 Å². The highest BCUT2D eigenvalue weighted by Gasteiger charge is 2.33. The second-order valence-corrected chi connectivity index (χ2v) is 6.05. The van der Waals surface area contributed by atoms with Crippen LogP contribution in [0.3, 0.4) is 0 Å². The van der Waals surface area contributed by atoms with Crippen molar-refractivity contribution in [3.8, 4) is 0 Å². The number of nitrogens with zero attached hydrogens (tertiary/aromatic N) is 3. The molecule has 2 heterocycles. The number of rotatable bonds is 6. The van der Waals surface area contributed by atoms with E-state index in [1.807, 2.05) is 30.3 Å². The Morgan fingerprint density at radius 3 is 2.69 bits per heavy atom. The van der Waals surface area contributed by atoms with Gasteiger partial charge in [-0.25, -0.2) is 4.98 Å². The first-order valence-electron chi connectivity index (χ1n) is 7.43. The number of carbonyl (C=O) groups excluding carboxylic acids is 1. The van der Waals surface area contributed by atoms with Crippen molar-refractivity contribution in [3.05, 3.63) is 59.4 Å². The van der Waals surface area contributed by atoms with Crippen LogP contribution in [0, 0.1) is 0 Å². The number of nitrogens with one attached hydrogen (secondary N) is 1. The summed E-state index contributed by atoms with van der Waals surface area (Å²) in [5.74, 6) is -0.701. The van der Waals surface area contributed by atoms with Crippen molar-refractivity contribution in [2.75, 3.05) is 5.32 Å². The molecule has 0 saturated heterocycles. The molecule has 0 radical (unpaired) electrons. The second-order valence-electron chi connectivity index (χ2n) is 5.19. The van der Waals surface area contributed by atoms with Gasteiger partial charge < -0.3 is 10.1 Å². The van der Waals surface area contributed by atoms with Crippen LogP contribution in [0.4, 0.5) is 24.0 Å². The van der Waals surface area contributed by atoms with E-state index in [9.17, 15) is 18.0 Å². The van der Waals surface area contributed by atoms with Crippen LogP contribution in [0.15, 0.2) is 48.0 Å². The molecule has 10 heteroatoms. The number of thiazole rings is 1. The smallest absolute Gasteiger partial charge is 0.435 e. The third kappa shape index (κ3) is 4.82. The van der Waals surface area contributed by atoms with Crippen LogP contribution in [0.5, 0.6) is 0 Å². The van der Waals surface area contributed by atoms with Crippen LogP contribution in [-0.2, 0) is 28.9 Å². The number of alkyl halides is 3. The first kappa shape index (κ1) is 17.9. The van der Waals surface area contributed by atoms with Gasteiger partial charge in [0.25, 0.3) is 0 Å². The van der Waals surface area contributed by atoms with E-state index in [1.54, 1.807) is 5.38 Å². The molecule has 0 aliphatic carbocycles. The molecular formula is C16H13F3N4O2S. The topological polar surface area (TPSA) is 69.0 Å². The van der Waals surface area contributed by atoms with Crippen molar-refractivity contribution < 1.29 is 22.7 Å². The predicted octanol–water partition coefficient (Wildman–Crippen LogP) is 3.85. The van der Waals surface area contributed by atoms with Crippen molar-refractivity contribution in [1.29, 1.82) is 0 Å². The quantitative estimate of drug-likeness (QED) is 0.656. The largest absolute Gasteiger partial charge is 0.458 e. The lowest BCUT2D eigenvalue weighted by atomic mass is 10.3. The van der Waals surface area contributed by atoms with E-state index in [0.717, 1.165) is 22.6 Å². The lowest BCUT2D eigenvalue weighted by molar-refractivity contribution is -0.147. The van der Waals surface area contributed by atoms with Gasteiger partial charge in [0.05, 0.1) is 5.69 Å². The summed E-state index contributed by atoms with van der Waals surface area (Å²) in [7, 11) is 0. The Morgan fingerprint density at radius 1 is 1.23 bits per heavy atom. The molecule has 3 rings (SSSR count). The molecule has 0 aliphatic rings. The van der Waals surface area contributed by atoms with E-state index >= 15 is 0 Å². The van der Waals surface area contributed by atoms with Gasteiger partial charge in [0.1, 0.15) is 13.2 Å². The minimum Gasteiger partial charge on any atom is -0.458 e. The Kier molecular flexibility index (Phi) is 5.21. The van der Waals surface area contributed by atoms with Crippen molar-refractivity contribution in [1.82, 2.24) is 14.8 Å². The lowest BCUT2D eigenvalue weighted by Crippen LogP contribution is -2.15. The molecule has 1 N–H and O–H groups in total. The number of anilines is 2. The van der Waals surface area contributed by atoms with Crippen LogP contribution in [-0.4, -0.2) is 20.7 Å². The summed E-state index contributed by atoms with van der Waals surface area (Å²) in [5.41, 5.74) is 0.365. The SMILES string of the molecule is O=C(Cn1ccc(C(F)(F)F)n1)OCc1csc(Nc2ccccc2)n1. The van der Waals surface area contributed by atoms with Gasteiger partial charge in [-0.3, -0.25) is 9.48 Å². The average Bonchev–Trinajstić information content (AvgIpc) is 3.23. The minimum atomic E-state index is -4.54. The fourth-order valence-electron chi connectivity index (χ4n) is 2.01. The molecule has 0 aliphatic heterocycles. The fraction of sp³-hybridized carbons (Fsp3) is 0.188. The maximum Gasteiger partial charge on any atom is 0.435 e. The number of esters is 1. The zero-order chi connectivity index (χ0) is 18.6. The van der Waals surface area contributed by atoms with E-state index in [0.29, 0.717) is 10.8 Å². The molecule has 136 valence electrons. The minimum absolute atomic E-state index is 0.0702. The van der Waals surface area contributed by atoms with Crippen LogP contribution in [0.25, 0.3) is 0 Å². The Hall–Kier alpha value is -2.88. The van der Waals surface area contributed by atoms with Gasteiger partial charge in [-0.1, -0.05) is 18.2 Å². The highest BCUT2D eigenvalue weighted by atomic mass is 32.1. The number of aromatic nitrogens is 3. The number of para-hydroxylation sites is 1. The summed E-state index contributed by atoms with van der Waals surface area (Å²) in [4.78, 5) is 16.0. The summed E-state index contributed by atoms with van der Waals surface area (Å²) >= 11 is 1.35. The molecule has 0 atom stereocenters. The summed E-state index contributed by atoms with van der Waals surface area (Å²) in [5, 5.41) is 8.78. The van der Waals surface area contributed by atoms with E-state index in [1.165, 1.54) is 11.3 Å². The standard InChI is InChI=1S/C16H13F3N4O2S/c17-16(18,19)13-6-7-23(22-13)8-14(24)25-9-12-10-26-15(21-12)20-11-4-2-1-3-5-11/h1-7,10H,8-9H2,(H,20,21). The molecule has 0 bridgehead atoms. The van der Waals surface area contributed by atoms with Gasteiger partial charge in [-0.15, -0.1) is 11.3 Å². The molecular weight excluding hydrogens is 369 g/mol. The third-order valence-electron chi connectivity index (χ3n) is 3.18. The molecule has 0 fully saturated rings. The van der Waals surface area contributed by atoms with Gasteiger partial charge >= 0.3 is 12.1 Å². The van der Waals surface area contributed by atoms with Crippen molar-refractivity contribution >= 4 is 28.1 Å². The maximum absolute atomic E-state index is 12.5. The molecule has 3 aromatic rings. The molecule has 1 aromatic carbocycles. The molecule has 0 amide bonds. The molecule has 2 aromatic heterocycles. The van der Waals surface area contributed by atoms with Gasteiger partial charge in [0, 0.05) is 17.3 Å². The van der Waals surface area contributed by atoms with Crippen LogP contribution in [0.2, 0.25) is 0 Å². The van der Waals surface area contributed by atoms with Gasteiger partial charge in [0.2, 0.25) is 0 Å². The first-order chi connectivity index (χ1) is 12.4. The summed E-state index contributed by atoms with van der Waals surface area (Å²) in [6.07, 6.45) is -3.47. The highest BCUT2D eigenvalue weighted by molar-refractivity contribution is 7.13. The Balaban J connectivity index is 1.50. The summed E-state index contributed by atoms with van der Waals surface area (Å²) in [6.45, 7) is -0.478. The zero-order valence-corrected chi connectivity index (χ0v) is 14.0. The van der Waals surface area contributed by atoms with Crippen molar-refractivity contribution in [2.45, 2.75) is 19.3 Å². The number of carbonyl (C=O) groups is 1. The molecule has 0 saturated carbocycles. The fourth-order valence-corrected chi connectivity index (χ4v) is 2.72. The molecule has 26 heavy (non-hydrogen) atoms. The first-order valence-corrected chi connectivity index (χ1v) is 8.31. The Morgan fingerprint density at radius 2 is 2.00 bits per heavy atom. The zero-order valence-electron chi connectivity index (χ0n) is 13.2. The number of hydrogen-bond donors (Lipinski definition) is 1. The van der Waals surface area contributed by atoms with Gasteiger partial charge in [-0.2, -0.15) is 18.3 Å². The van der Waals surface area contributed by atoms with Crippen LogP contribution >= 0.6 is 11.3 Å². The molecule has 0 unspecified atom stereocenters. The van der Waals surface area contributed by atoms with E-state index < -0.39 is 24.4 Å². The average molecular weight is 382 g/mol. The number of benzene rings is 1. The summed E-state index contributed by atoms with van der Waals surface area (Å²) in [6, 6.07) is 10.3. The monoisotopic (exact) mass is 382 g/mol. The Bertz CT molecular complexity index is 877. The number of hydrogen-bond acceptors (Lipinski definition) is 6. The van der Waals surface area contributed by atoms with Crippen LogP contribution < -0.4 is 5.32 Å². The van der Waals surface area contributed by atoms with E-state index in [-0.39, 0.29) is 6.61 Å². The Labute approximate surface area is 150 Å². The van der Waals surface area contributed by atoms with Gasteiger partial charge in [0.15, 0.2) is 10.8 Å². The molecule has 0 spiro atoms. The van der Waals surface area contributed by atoms with Crippen molar-refractivity contribution in [2.24, 2.45) is 0 Å². The normalized spacial score (nSPS) is 11.3. The van der Waals surface area contributed by atoms with Crippen molar-refractivity contribution in [3.63, 3.8) is 0 Å². The summed E-state index contributed by atoms with van der Waals surface area (Å²) < 4.78 is 43.3. The predicted molar refractivity (Wildman–Crippen MR) is 88.9 cm³/mol. The maximum atomic E-state index is 12.5. The lowest BCUT2D eigenvalue weighted by Gasteiger charge is -2.04. The number of ether oxygens (including phenoxy) is 1. The van der Waals surface area contributed by atoms with Gasteiger partial charge in [-0.05, 0) is 18.2 Å². The van der Waals surface area contributed by atoms with E-state index in [2.05, 4.69) is 15.4 Å². The second kappa shape index (κ2) is 7.56. The van der Waals surface area contributed by atoms with E-state index in [4.69, 9.17) is 4.74 Å². The molecule has 6 nitrogen and oxygen atoms in total.